The number of halogens is 2. The van der Waals surface area contributed by atoms with Gasteiger partial charge in [-0.25, -0.2) is 4.79 Å². The smallest absolute Gasteiger partial charge is 0.326 e. The number of nitrogens with one attached hydrogen (secondary N) is 1. The van der Waals surface area contributed by atoms with Gasteiger partial charge in [0.15, 0.2) is 0 Å². The van der Waals surface area contributed by atoms with Gasteiger partial charge in [-0.15, -0.1) is 0 Å². The Morgan fingerprint density at radius 2 is 1.94 bits per heavy atom. The van der Waals surface area contributed by atoms with Crippen LogP contribution in [0.5, 0.6) is 0 Å². The van der Waals surface area contributed by atoms with Crippen molar-refractivity contribution in [3.05, 3.63) is 27.1 Å². The molecule has 0 aromatic heterocycles. The molecule has 16 heavy (non-hydrogen) atoms. The molecule has 3 nitrogen and oxygen atoms in total. The van der Waals surface area contributed by atoms with Gasteiger partial charge in [-0.05, 0) is 62.8 Å². The fourth-order valence-corrected chi connectivity index (χ4v) is 2.83. The zero-order chi connectivity index (χ0) is 11.7. The van der Waals surface area contributed by atoms with Gasteiger partial charge in [-0.2, -0.15) is 0 Å². The summed E-state index contributed by atoms with van der Waals surface area (Å²) in [4.78, 5) is 11.1. The molecule has 1 saturated carbocycles. The molecule has 0 radical (unpaired) electrons. The number of rotatable bonds is 4. The van der Waals surface area contributed by atoms with E-state index in [0.29, 0.717) is 0 Å². The Kier molecular flexibility index (Phi) is 3.54. The van der Waals surface area contributed by atoms with Gasteiger partial charge >= 0.3 is 5.97 Å². The molecule has 0 saturated heterocycles. The lowest BCUT2D eigenvalue weighted by Gasteiger charge is -2.17. The SMILES string of the molecule is O=C(O)C(Nc1c(Br)cccc1Br)C1CC1. The van der Waals surface area contributed by atoms with Crippen molar-refractivity contribution in [3.8, 4) is 0 Å². The molecule has 5 heteroatoms. The molecule has 0 amide bonds. The van der Waals surface area contributed by atoms with E-state index in [4.69, 9.17) is 5.11 Å². The first-order valence-electron chi connectivity index (χ1n) is 5.03. The first-order valence-corrected chi connectivity index (χ1v) is 6.61. The van der Waals surface area contributed by atoms with Crippen LogP contribution in [0.3, 0.4) is 0 Å². The third-order valence-electron chi connectivity index (χ3n) is 2.62. The minimum atomic E-state index is -0.787. The maximum Gasteiger partial charge on any atom is 0.326 e. The molecule has 1 atom stereocenters. The number of carboxylic acids is 1. The highest BCUT2D eigenvalue weighted by molar-refractivity contribution is 9.11. The van der Waals surface area contributed by atoms with E-state index in [0.717, 1.165) is 27.5 Å². The summed E-state index contributed by atoms with van der Waals surface area (Å²) < 4.78 is 1.74. The van der Waals surface area contributed by atoms with Crippen LogP contribution >= 0.6 is 31.9 Å². The van der Waals surface area contributed by atoms with Crippen molar-refractivity contribution in [2.24, 2.45) is 5.92 Å². The Bertz CT molecular complexity index is 398. The molecule has 1 unspecified atom stereocenters. The molecule has 1 fully saturated rings. The Morgan fingerprint density at radius 3 is 2.38 bits per heavy atom. The first kappa shape index (κ1) is 11.9. The van der Waals surface area contributed by atoms with E-state index in [2.05, 4.69) is 37.2 Å². The lowest BCUT2D eigenvalue weighted by molar-refractivity contribution is -0.138. The number of para-hydroxylation sites is 1. The van der Waals surface area contributed by atoms with E-state index < -0.39 is 12.0 Å². The average molecular weight is 349 g/mol. The topological polar surface area (TPSA) is 49.3 Å². The summed E-state index contributed by atoms with van der Waals surface area (Å²) in [6, 6.07) is 5.18. The average Bonchev–Trinajstić information content (AvgIpc) is 3.00. The predicted molar refractivity (Wildman–Crippen MR) is 69.6 cm³/mol. The van der Waals surface area contributed by atoms with Gasteiger partial charge in [0.2, 0.25) is 0 Å². The van der Waals surface area contributed by atoms with Gasteiger partial charge in [-0.1, -0.05) is 6.07 Å². The normalized spacial score (nSPS) is 16.9. The molecule has 0 aliphatic heterocycles. The van der Waals surface area contributed by atoms with E-state index in [1.165, 1.54) is 0 Å². The monoisotopic (exact) mass is 347 g/mol. The minimum absolute atomic E-state index is 0.261. The second kappa shape index (κ2) is 4.75. The number of carboxylic acid groups (broad SMARTS) is 1. The number of aliphatic carboxylic acids is 1. The van der Waals surface area contributed by atoms with Crippen molar-refractivity contribution in [2.45, 2.75) is 18.9 Å². The van der Waals surface area contributed by atoms with E-state index in [-0.39, 0.29) is 5.92 Å². The van der Waals surface area contributed by atoms with Crippen LogP contribution in [0.1, 0.15) is 12.8 Å². The summed E-state index contributed by atoms with van der Waals surface area (Å²) in [6.07, 6.45) is 1.98. The fraction of sp³-hybridized carbons (Fsp3) is 0.364. The van der Waals surface area contributed by atoms with Crippen molar-refractivity contribution in [1.29, 1.82) is 0 Å². The highest BCUT2D eigenvalue weighted by Crippen LogP contribution is 2.37. The van der Waals surface area contributed by atoms with E-state index in [1.54, 1.807) is 0 Å². The second-order valence-corrected chi connectivity index (χ2v) is 5.60. The van der Waals surface area contributed by atoms with Crippen LogP contribution in [0.25, 0.3) is 0 Å². The van der Waals surface area contributed by atoms with Gasteiger partial charge in [0, 0.05) is 8.95 Å². The number of hydrogen-bond donors (Lipinski definition) is 2. The minimum Gasteiger partial charge on any atom is -0.480 e. The molecule has 86 valence electrons. The third kappa shape index (κ3) is 2.58. The molecule has 1 aliphatic carbocycles. The second-order valence-electron chi connectivity index (χ2n) is 3.89. The van der Waals surface area contributed by atoms with Crippen LogP contribution in [-0.4, -0.2) is 17.1 Å². The summed E-state index contributed by atoms with van der Waals surface area (Å²) in [5.41, 5.74) is 0.807. The van der Waals surface area contributed by atoms with Crippen LogP contribution in [0.2, 0.25) is 0 Å². The van der Waals surface area contributed by atoms with Gasteiger partial charge in [0.05, 0.1) is 5.69 Å². The largest absolute Gasteiger partial charge is 0.480 e. The van der Waals surface area contributed by atoms with Crippen molar-refractivity contribution in [3.63, 3.8) is 0 Å². The van der Waals surface area contributed by atoms with Crippen molar-refractivity contribution < 1.29 is 9.90 Å². The van der Waals surface area contributed by atoms with Gasteiger partial charge < -0.3 is 10.4 Å². The zero-order valence-electron chi connectivity index (χ0n) is 8.41. The molecule has 0 bridgehead atoms. The summed E-state index contributed by atoms with van der Waals surface area (Å²) in [5.74, 6) is -0.526. The molecular weight excluding hydrogens is 338 g/mol. The Balaban J connectivity index is 2.21. The third-order valence-corrected chi connectivity index (χ3v) is 3.94. The van der Waals surface area contributed by atoms with Gasteiger partial charge in [-0.3, -0.25) is 0 Å². The molecule has 1 aliphatic rings. The highest BCUT2D eigenvalue weighted by Gasteiger charge is 2.36. The summed E-state index contributed by atoms with van der Waals surface area (Å²) in [5, 5.41) is 12.2. The Labute approximate surface area is 110 Å². The Morgan fingerprint density at radius 1 is 1.38 bits per heavy atom. The van der Waals surface area contributed by atoms with Crippen LogP contribution in [-0.2, 0) is 4.79 Å². The molecular formula is C11H11Br2NO2. The lowest BCUT2D eigenvalue weighted by Crippen LogP contribution is -2.31. The number of anilines is 1. The number of carbonyl (C=O) groups is 1. The number of benzene rings is 1. The molecule has 1 aromatic carbocycles. The molecule has 2 rings (SSSR count). The van der Waals surface area contributed by atoms with Crippen molar-refractivity contribution in [1.82, 2.24) is 0 Å². The number of hydrogen-bond acceptors (Lipinski definition) is 2. The van der Waals surface area contributed by atoms with E-state index in [9.17, 15) is 4.79 Å². The fourth-order valence-electron chi connectivity index (χ4n) is 1.60. The quantitative estimate of drug-likeness (QED) is 0.875. The standard InChI is InChI=1S/C11H11Br2NO2/c12-7-2-1-3-8(13)10(7)14-9(11(15)16)6-4-5-6/h1-3,6,9,14H,4-5H2,(H,15,16). The maximum atomic E-state index is 11.1. The van der Waals surface area contributed by atoms with Crippen LogP contribution in [0.4, 0.5) is 5.69 Å². The zero-order valence-corrected chi connectivity index (χ0v) is 11.6. The predicted octanol–water partition coefficient (Wildman–Crippen LogP) is 3.49. The van der Waals surface area contributed by atoms with Crippen LogP contribution in [0.15, 0.2) is 27.1 Å². The lowest BCUT2D eigenvalue weighted by atomic mass is 10.1. The molecule has 0 spiro atoms. The van der Waals surface area contributed by atoms with Gasteiger partial charge in [0.1, 0.15) is 6.04 Å². The molecule has 1 aromatic rings. The summed E-state index contributed by atoms with van der Waals surface area (Å²) in [6.45, 7) is 0. The molecule has 0 heterocycles. The molecule has 2 N–H and O–H groups in total. The Hall–Kier alpha value is -0.550. The van der Waals surface area contributed by atoms with E-state index in [1.807, 2.05) is 18.2 Å². The van der Waals surface area contributed by atoms with Crippen molar-refractivity contribution >= 4 is 43.5 Å². The first-order chi connectivity index (χ1) is 7.59. The maximum absolute atomic E-state index is 11.1. The van der Waals surface area contributed by atoms with Crippen LogP contribution < -0.4 is 5.32 Å². The van der Waals surface area contributed by atoms with Gasteiger partial charge in [0.25, 0.3) is 0 Å². The highest BCUT2D eigenvalue weighted by atomic mass is 79.9. The van der Waals surface area contributed by atoms with E-state index >= 15 is 0 Å². The summed E-state index contributed by atoms with van der Waals surface area (Å²) >= 11 is 6.82. The summed E-state index contributed by atoms with van der Waals surface area (Å²) in [7, 11) is 0. The van der Waals surface area contributed by atoms with Crippen LogP contribution in [0, 0.1) is 5.92 Å². The van der Waals surface area contributed by atoms with Crippen molar-refractivity contribution in [2.75, 3.05) is 5.32 Å².